The molecule has 0 radical (unpaired) electrons. The average molecular weight is 344 g/mol. The Labute approximate surface area is 168 Å². The maximum Gasteiger partial charge on any atom is 1.00 e. The second-order valence-corrected chi connectivity index (χ2v) is 7.33. The van der Waals surface area contributed by atoms with E-state index in [4.69, 9.17) is 0 Å². The van der Waals surface area contributed by atoms with Crippen molar-refractivity contribution in [3.8, 4) is 0 Å². The summed E-state index contributed by atoms with van der Waals surface area (Å²) in [5, 5.41) is 12.8. The molecule has 0 amide bonds. The van der Waals surface area contributed by atoms with Gasteiger partial charge in [-0.3, -0.25) is 4.90 Å². The van der Waals surface area contributed by atoms with Crippen LogP contribution in [0.25, 0.3) is 0 Å². The van der Waals surface area contributed by atoms with E-state index in [9.17, 15) is 9.90 Å². The minimum atomic E-state index is -0.871. The SMILES string of the molecule is O=C(O)c1cccc(NC2C3CCC2CN(Cc2ccccc2)C3)c1.[H-].[Li+]. The second kappa shape index (κ2) is 8.31. The zero-order chi connectivity index (χ0) is 17.2. The van der Waals surface area contributed by atoms with E-state index in [1.807, 2.05) is 12.1 Å². The summed E-state index contributed by atoms with van der Waals surface area (Å²) in [6.07, 6.45) is 2.51. The van der Waals surface area contributed by atoms with E-state index in [0.717, 1.165) is 25.3 Å². The Kier molecular flexibility index (Phi) is 6.08. The molecular weight excluding hydrogens is 319 g/mol. The first-order valence-corrected chi connectivity index (χ1v) is 9.05. The van der Waals surface area contributed by atoms with Crippen molar-refractivity contribution < 1.29 is 30.2 Å². The van der Waals surface area contributed by atoms with Gasteiger partial charge in [0, 0.05) is 31.4 Å². The number of aromatic carboxylic acids is 1. The number of carboxylic acid groups (broad SMARTS) is 1. The Bertz CT molecular complexity index is 745. The molecule has 1 heterocycles. The first-order chi connectivity index (χ1) is 12.2. The van der Waals surface area contributed by atoms with Gasteiger partial charge >= 0.3 is 24.8 Å². The number of hydrogen-bond donors (Lipinski definition) is 2. The molecule has 2 aromatic carbocycles. The number of fused-ring (bicyclic) bond motifs is 2. The van der Waals surface area contributed by atoms with Gasteiger partial charge in [-0.25, -0.2) is 4.79 Å². The standard InChI is InChI=1S/C21H24N2O2.Li.H/c24-21(25)16-7-4-8-19(11-16)22-20-17-9-10-18(20)14-23(13-17)12-15-5-2-1-3-6-15;;/h1-8,11,17-18,20,22H,9-10,12-14H2,(H,24,25);;/q;+1;-1. The summed E-state index contributed by atoms with van der Waals surface area (Å²) >= 11 is 0. The number of carbonyl (C=O) groups is 1. The maximum atomic E-state index is 11.2. The summed E-state index contributed by atoms with van der Waals surface area (Å²) < 4.78 is 0. The largest absolute Gasteiger partial charge is 1.00 e. The number of hydrogen-bond acceptors (Lipinski definition) is 3. The summed E-state index contributed by atoms with van der Waals surface area (Å²) in [5.41, 5.74) is 2.65. The first kappa shape index (κ1) is 19.0. The summed E-state index contributed by atoms with van der Waals surface area (Å²) in [4.78, 5) is 13.7. The summed E-state index contributed by atoms with van der Waals surface area (Å²) in [5.74, 6) is 0.399. The van der Waals surface area contributed by atoms with Crippen LogP contribution in [0.15, 0.2) is 54.6 Å². The van der Waals surface area contributed by atoms with E-state index in [-0.39, 0.29) is 20.3 Å². The van der Waals surface area contributed by atoms with Crippen molar-refractivity contribution in [3.05, 3.63) is 65.7 Å². The van der Waals surface area contributed by atoms with E-state index >= 15 is 0 Å². The summed E-state index contributed by atoms with van der Waals surface area (Å²) in [6, 6.07) is 18.3. The van der Waals surface area contributed by atoms with Crippen molar-refractivity contribution in [2.24, 2.45) is 11.8 Å². The number of anilines is 1. The first-order valence-electron chi connectivity index (χ1n) is 9.05. The van der Waals surface area contributed by atoms with Crippen LogP contribution >= 0.6 is 0 Å². The number of piperidine rings is 1. The molecule has 26 heavy (non-hydrogen) atoms. The third kappa shape index (κ3) is 4.15. The van der Waals surface area contributed by atoms with Crippen LogP contribution < -0.4 is 24.2 Å². The Balaban J connectivity index is 0.00000131. The molecule has 2 N–H and O–H groups in total. The van der Waals surface area contributed by atoms with E-state index in [2.05, 4.69) is 40.5 Å². The number of rotatable bonds is 5. The van der Waals surface area contributed by atoms with Gasteiger partial charge < -0.3 is 11.8 Å². The number of carboxylic acids is 1. The fourth-order valence-electron chi connectivity index (χ4n) is 4.46. The van der Waals surface area contributed by atoms with Crippen molar-refractivity contribution in [1.29, 1.82) is 0 Å². The molecule has 2 unspecified atom stereocenters. The van der Waals surface area contributed by atoms with Gasteiger partial charge in [0.15, 0.2) is 0 Å². The molecule has 2 aromatic rings. The van der Waals surface area contributed by atoms with E-state index < -0.39 is 5.97 Å². The van der Waals surface area contributed by atoms with Crippen LogP contribution in [-0.2, 0) is 6.54 Å². The smallest absolute Gasteiger partial charge is 1.00 e. The van der Waals surface area contributed by atoms with Gasteiger partial charge in [0.1, 0.15) is 0 Å². The van der Waals surface area contributed by atoms with Crippen molar-refractivity contribution >= 4 is 11.7 Å². The molecule has 5 heteroatoms. The van der Waals surface area contributed by atoms with Crippen molar-refractivity contribution in [3.63, 3.8) is 0 Å². The normalized spacial score (nSPS) is 24.7. The zero-order valence-electron chi connectivity index (χ0n) is 16.3. The van der Waals surface area contributed by atoms with Crippen LogP contribution in [0.1, 0.15) is 30.2 Å². The van der Waals surface area contributed by atoms with Gasteiger partial charge in [0.25, 0.3) is 0 Å². The van der Waals surface area contributed by atoms with Gasteiger partial charge in [-0.1, -0.05) is 36.4 Å². The molecule has 1 aliphatic heterocycles. The Morgan fingerprint density at radius 3 is 2.42 bits per heavy atom. The van der Waals surface area contributed by atoms with Crippen LogP contribution in [0.4, 0.5) is 5.69 Å². The molecule has 0 aromatic heterocycles. The van der Waals surface area contributed by atoms with Crippen LogP contribution in [0.3, 0.4) is 0 Å². The van der Waals surface area contributed by atoms with Gasteiger partial charge in [0.05, 0.1) is 5.56 Å². The molecule has 1 saturated carbocycles. The van der Waals surface area contributed by atoms with Crippen LogP contribution in [0.5, 0.6) is 0 Å². The summed E-state index contributed by atoms with van der Waals surface area (Å²) in [6.45, 7) is 3.25. The Morgan fingerprint density at radius 2 is 1.77 bits per heavy atom. The number of benzene rings is 2. The predicted octanol–water partition coefficient (Wildman–Crippen LogP) is 0.824. The quantitative estimate of drug-likeness (QED) is 0.789. The average Bonchev–Trinajstić information content (AvgIpc) is 2.85. The second-order valence-electron chi connectivity index (χ2n) is 7.33. The van der Waals surface area contributed by atoms with E-state index in [1.165, 1.54) is 18.4 Å². The zero-order valence-corrected chi connectivity index (χ0v) is 15.3. The molecule has 4 rings (SSSR count). The van der Waals surface area contributed by atoms with Gasteiger partial charge in [0.2, 0.25) is 0 Å². The Morgan fingerprint density at radius 1 is 1.08 bits per heavy atom. The minimum Gasteiger partial charge on any atom is -1.00 e. The van der Waals surface area contributed by atoms with Crippen LogP contribution in [0, 0.1) is 11.8 Å². The molecule has 0 spiro atoms. The van der Waals surface area contributed by atoms with Crippen molar-refractivity contribution in [1.82, 2.24) is 4.90 Å². The molecule has 1 saturated heterocycles. The van der Waals surface area contributed by atoms with Crippen LogP contribution in [-0.4, -0.2) is 35.1 Å². The van der Waals surface area contributed by atoms with Crippen LogP contribution in [0.2, 0.25) is 0 Å². The summed E-state index contributed by atoms with van der Waals surface area (Å²) in [7, 11) is 0. The third-order valence-electron chi connectivity index (χ3n) is 5.60. The molecular formula is C21H25LiN2O2. The number of nitrogens with zero attached hydrogens (tertiary/aromatic N) is 1. The molecule has 2 bridgehead atoms. The monoisotopic (exact) mass is 344 g/mol. The fourth-order valence-corrected chi connectivity index (χ4v) is 4.46. The molecule has 2 fully saturated rings. The molecule has 4 nitrogen and oxygen atoms in total. The van der Waals surface area contributed by atoms with Gasteiger partial charge in [-0.15, -0.1) is 0 Å². The molecule has 1 aliphatic carbocycles. The van der Waals surface area contributed by atoms with Crippen molar-refractivity contribution in [2.45, 2.75) is 25.4 Å². The molecule has 2 atom stereocenters. The van der Waals surface area contributed by atoms with Crippen molar-refractivity contribution in [2.75, 3.05) is 18.4 Å². The van der Waals surface area contributed by atoms with Gasteiger partial charge in [-0.2, -0.15) is 0 Å². The topological polar surface area (TPSA) is 52.6 Å². The maximum absolute atomic E-state index is 11.2. The predicted molar refractivity (Wildman–Crippen MR) is 99.9 cm³/mol. The minimum absolute atomic E-state index is 0. The number of nitrogens with one attached hydrogen (secondary N) is 1. The number of likely N-dealkylation sites (tertiary alicyclic amines) is 1. The van der Waals surface area contributed by atoms with E-state index in [0.29, 0.717) is 23.4 Å². The fraction of sp³-hybridized carbons (Fsp3) is 0.381. The Hall–Kier alpha value is -1.73. The third-order valence-corrected chi connectivity index (χ3v) is 5.60. The molecule has 132 valence electrons. The molecule has 2 aliphatic rings. The van der Waals surface area contributed by atoms with E-state index in [1.54, 1.807) is 12.1 Å². The van der Waals surface area contributed by atoms with Gasteiger partial charge in [-0.05, 0) is 48.4 Å².